The Labute approximate surface area is 110 Å². The quantitative estimate of drug-likeness (QED) is 0.866. The minimum Gasteiger partial charge on any atom is -0.319 e. The van der Waals surface area contributed by atoms with Crippen LogP contribution >= 0.6 is 0 Å². The zero-order valence-electron chi connectivity index (χ0n) is 11.9. The highest BCUT2D eigenvalue weighted by Crippen LogP contribution is 2.18. The SMILES string of the molecule is CNCC1CCN(Cc2cnn(C(C)C)c2)CC1. The van der Waals surface area contributed by atoms with Crippen LogP contribution in [0.5, 0.6) is 0 Å². The van der Waals surface area contributed by atoms with E-state index in [0.29, 0.717) is 6.04 Å². The summed E-state index contributed by atoms with van der Waals surface area (Å²) < 4.78 is 2.04. The molecule has 1 aromatic heterocycles. The van der Waals surface area contributed by atoms with Crippen molar-refractivity contribution in [3.8, 4) is 0 Å². The molecule has 0 amide bonds. The molecule has 0 saturated carbocycles. The molecule has 0 unspecified atom stereocenters. The summed E-state index contributed by atoms with van der Waals surface area (Å²) in [5, 5.41) is 7.69. The molecule has 1 aliphatic heterocycles. The predicted molar refractivity (Wildman–Crippen MR) is 74.5 cm³/mol. The summed E-state index contributed by atoms with van der Waals surface area (Å²) in [7, 11) is 2.05. The van der Waals surface area contributed by atoms with Gasteiger partial charge in [-0.25, -0.2) is 0 Å². The Morgan fingerprint density at radius 1 is 1.39 bits per heavy atom. The first-order valence-corrected chi connectivity index (χ1v) is 7.09. The fraction of sp³-hybridized carbons (Fsp3) is 0.786. The lowest BCUT2D eigenvalue weighted by Gasteiger charge is -2.31. The summed E-state index contributed by atoms with van der Waals surface area (Å²) in [6.45, 7) is 9.00. The van der Waals surface area contributed by atoms with Crippen LogP contribution in [-0.4, -0.2) is 41.4 Å². The average Bonchev–Trinajstić information content (AvgIpc) is 2.81. The Bertz CT molecular complexity index is 350. The smallest absolute Gasteiger partial charge is 0.0534 e. The molecule has 0 aliphatic carbocycles. The number of hydrogen-bond acceptors (Lipinski definition) is 3. The van der Waals surface area contributed by atoms with E-state index in [1.165, 1.54) is 38.0 Å². The molecule has 1 aromatic rings. The standard InChI is InChI=1S/C14H26N4/c1-12(2)18-11-14(9-16-18)10-17-6-4-13(5-7-17)8-15-3/h9,11-13,15H,4-8,10H2,1-3H3. The molecule has 1 fully saturated rings. The van der Waals surface area contributed by atoms with Crippen molar-refractivity contribution in [2.75, 3.05) is 26.7 Å². The molecule has 0 atom stereocenters. The molecule has 18 heavy (non-hydrogen) atoms. The van der Waals surface area contributed by atoms with Crippen LogP contribution in [0.4, 0.5) is 0 Å². The molecule has 2 heterocycles. The maximum Gasteiger partial charge on any atom is 0.0534 e. The Kier molecular flexibility index (Phi) is 4.78. The molecule has 102 valence electrons. The van der Waals surface area contributed by atoms with Gasteiger partial charge in [-0.1, -0.05) is 0 Å². The van der Waals surface area contributed by atoms with Crippen molar-refractivity contribution in [1.29, 1.82) is 0 Å². The summed E-state index contributed by atoms with van der Waals surface area (Å²) in [5.41, 5.74) is 1.34. The normalized spacial score (nSPS) is 18.7. The number of likely N-dealkylation sites (tertiary alicyclic amines) is 1. The van der Waals surface area contributed by atoms with E-state index in [0.717, 1.165) is 12.5 Å². The van der Waals surface area contributed by atoms with Crippen molar-refractivity contribution in [3.63, 3.8) is 0 Å². The molecular formula is C14H26N4. The van der Waals surface area contributed by atoms with Crippen LogP contribution in [0.15, 0.2) is 12.4 Å². The summed E-state index contributed by atoms with van der Waals surface area (Å²) in [6, 6.07) is 0.458. The number of hydrogen-bond donors (Lipinski definition) is 1. The van der Waals surface area contributed by atoms with Gasteiger partial charge in [0.1, 0.15) is 0 Å². The third kappa shape index (κ3) is 3.56. The number of nitrogens with zero attached hydrogens (tertiary/aromatic N) is 3. The van der Waals surface area contributed by atoms with Gasteiger partial charge in [0.2, 0.25) is 0 Å². The molecule has 1 saturated heterocycles. The third-order valence-electron chi connectivity index (χ3n) is 3.79. The molecule has 0 spiro atoms. The maximum absolute atomic E-state index is 4.41. The first-order valence-electron chi connectivity index (χ1n) is 7.09. The predicted octanol–water partition coefficient (Wildman–Crippen LogP) is 1.90. The lowest BCUT2D eigenvalue weighted by atomic mass is 9.97. The monoisotopic (exact) mass is 250 g/mol. The van der Waals surface area contributed by atoms with Crippen molar-refractivity contribution in [1.82, 2.24) is 20.0 Å². The van der Waals surface area contributed by atoms with E-state index in [4.69, 9.17) is 0 Å². The Hall–Kier alpha value is -0.870. The van der Waals surface area contributed by atoms with E-state index in [2.05, 4.69) is 35.4 Å². The first-order chi connectivity index (χ1) is 8.69. The van der Waals surface area contributed by atoms with Gasteiger partial charge in [0.15, 0.2) is 0 Å². The van der Waals surface area contributed by atoms with E-state index in [-0.39, 0.29) is 0 Å². The van der Waals surface area contributed by atoms with Gasteiger partial charge in [0.05, 0.1) is 6.20 Å². The minimum atomic E-state index is 0.458. The lowest BCUT2D eigenvalue weighted by Crippen LogP contribution is -2.36. The molecule has 0 radical (unpaired) electrons. The molecule has 0 bridgehead atoms. The van der Waals surface area contributed by atoms with Crippen LogP contribution in [-0.2, 0) is 6.54 Å². The number of aromatic nitrogens is 2. The highest BCUT2D eigenvalue weighted by molar-refractivity contribution is 5.04. The van der Waals surface area contributed by atoms with E-state index >= 15 is 0 Å². The van der Waals surface area contributed by atoms with Gasteiger partial charge >= 0.3 is 0 Å². The third-order valence-corrected chi connectivity index (χ3v) is 3.79. The summed E-state index contributed by atoms with van der Waals surface area (Å²) >= 11 is 0. The number of nitrogens with one attached hydrogen (secondary N) is 1. The number of rotatable bonds is 5. The van der Waals surface area contributed by atoms with E-state index in [1.54, 1.807) is 0 Å². The van der Waals surface area contributed by atoms with Crippen LogP contribution in [0.25, 0.3) is 0 Å². The fourth-order valence-corrected chi connectivity index (χ4v) is 2.64. The molecular weight excluding hydrogens is 224 g/mol. The van der Waals surface area contributed by atoms with Gasteiger partial charge in [-0.2, -0.15) is 5.10 Å². The topological polar surface area (TPSA) is 33.1 Å². The molecule has 4 heteroatoms. The average molecular weight is 250 g/mol. The highest BCUT2D eigenvalue weighted by Gasteiger charge is 2.18. The minimum absolute atomic E-state index is 0.458. The van der Waals surface area contributed by atoms with Gasteiger partial charge in [-0.15, -0.1) is 0 Å². The van der Waals surface area contributed by atoms with Crippen LogP contribution in [0.1, 0.15) is 38.3 Å². The Balaban J connectivity index is 1.80. The van der Waals surface area contributed by atoms with Gasteiger partial charge < -0.3 is 5.32 Å². The van der Waals surface area contributed by atoms with Crippen molar-refractivity contribution in [3.05, 3.63) is 18.0 Å². The second kappa shape index (κ2) is 6.34. The van der Waals surface area contributed by atoms with Gasteiger partial charge in [-0.3, -0.25) is 9.58 Å². The molecule has 1 N–H and O–H groups in total. The van der Waals surface area contributed by atoms with Crippen LogP contribution in [0.3, 0.4) is 0 Å². The largest absolute Gasteiger partial charge is 0.319 e. The zero-order valence-corrected chi connectivity index (χ0v) is 11.9. The second-order valence-corrected chi connectivity index (χ2v) is 5.70. The molecule has 1 aliphatic rings. The summed E-state index contributed by atoms with van der Waals surface area (Å²) in [4.78, 5) is 2.55. The van der Waals surface area contributed by atoms with E-state index in [9.17, 15) is 0 Å². The Morgan fingerprint density at radius 2 is 2.11 bits per heavy atom. The molecule has 2 rings (SSSR count). The summed E-state index contributed by atoms with van der Waals surface area (Å²) in [5.74, 6) is 0.865. The van der Waals surface area contributed by atoms with E-state index in [1.807, 2.05) is 17.9 Å². The van der Waals surface area contributed by atoms with Crippen LogP contribution < -0.4 is 5.32 Å². The van der Waals surface area contributed by atoms with E-state index < -0.39 is 0 Å². The van der Waals surface area contributed by atoms with Gasteiger partial charge in [0.25, 0.3) is 0 Å². The highest BCUT2D eigenvalue weighted by atomic mass is 15.3. The zero-order chi connectivity index (χ0) is 13.0. The van der Waals surface area contributed by atoms with Gasteiger partial charge in [0, 0.05) is 24.3 Å². The van der Waals surface area contributed by atoms with Crippen molar-refractivity contribution >= 4 is 0 Å². The lowest BCUT2D eigenvalue weighted by molar-refractivity contribution is 0.176. The summed E-state index contributed by atoms with van der Waals surface area (Å²) in [6.07, 6.45) is 6.84. The first kappa shape index (κ1) is 13.6. The van der Waals surface area contributed by atoms with Gasteiger partial charge in [-0.05, 0) is 59.3 Å². The molecule has 4 nitrogen and oxygen atoms in total. The maximum atomic E-state index is 4.41. The molecule has 0 aromatic carbocycles. The van der Waals surface area contributed by atoms with Crippen molar-refractivity contribution in [2.45, 2.75) is 39.3 Å². The van der Waals surface area contributed by atoms with Crippen LogP contribution in [0.2, 0.25) is 0 Å². The van der Waals surface area contributed by atoms with Crippen molar-refractivity contribution < 1.29 is 0 Å². The van der Waals surface area contributed by atoms with Crippen molar-refractivity contribution in [2.24, 2.45) is 5.92 Å². The van der Waals surface area contributed by atoms with Crippen LogP contribution in [0, 0.1) is 5.92 Å². The second-order valence-electron chi connectivity index (χ2n) is 5.70. The fourth-order valence-electron chi connectivity index (χ4n) is 2.64. The Morgan fingerprint density at radius 3 is 2.67 bits per heavy atom. The number of piperidine rings is 1.